The average molecular weight is 269 g/mol. The van der Waals surface area contributed by atoms with Gasteiger partial charge in [-0.1, -0.05) is 18.2 Å². The van der Waals surface area contributed by atoms with Crippen LogP contribution in [0.15, 0.2) is 44.5 Å². The molecule has 1 heterocycles. The van der Waals surface area contributed by atoms with Crippen molar-refractivity contribution in [3.63, 3.8) is 0 Å². The zero-order valence-corrected chi connectivity index (χ0v) is 10.5. The molecule has 0 aromatic heterocycles. The first kappa shape index (κ1) is 11.6. The second kappa shape index (κ2) is 4.53. The lowest BCUT2D eigenvalue weighted by molar-refractivity contribution is 0.603. The fourth-order valence-electron chi connectivity index (χ4n) is 1.17. The van der Waals surface area contributed by atoms with E-state index < -0.39 is 9.84 Å². The highest BCUT2D eigenvalue weighted by Gasteiger charge is 2.29. The summed E-state index contributed by atoms with van der Waals surface area (Å²) in [4.78, 5) is 3.34. The molecule has 3 nitrogen and oxygen atoms in total. The molecule has 0 unspecified atom stereocenters. The molecule has 0 radical (unpaired) electrons. The molecule has 0 amide bonds. The van der Waals surface area contributed by atoms with Crippen LogP contribution in [0.3, 0.4) is 0 Å². The molecule has 82 valence electrons. The number of rotatable bonds is 2. The van der Waals surface area contributed by atoms with Gasteiger partial charge in [0.15, 0.2) is 0 Å². The molecule has 1 aromatic rings. The number of nitrogens with zero attached hydrogens (tertiary/aromatic N) is 1. The van der Waals surface area contributed by atoms with E-state index in [1.165, 1.54) is 35.7 Å². The normalized spacial score (nSPS) is 15.1. The molecule has 0 N–H and O–H groups in total. The van der Waals surface area contributed by atoms with E-state index in [1.54, 1.807) is 18.2 Å². The average Bonchev–Trinajstić information content (AvgIpc) is 2.24. The third kappa shape index (κ3) is 1.98. The number of sulfone groups is 1. The van der Waals surface area contributed by atoms with E-state index in [4.69, 9.17) is 6.57 Å². The standard InChI is InChI=1S/C10H7NO2S3/c1-11-9(10-14-7-15-10)16(12,13)8-5-3-2-4-6-8/h2-6H,7H2. The van der Waals surface area contributed by atoms with Gasteiger partial charge in [-0.15, -0.1) is 23.5 Å². The van der Waals surface area contributed by atoms with Gasteiger partial charge in [-0.2, -0.15) is 0 Å². The summed E-state index contributed by atoms with van der Waals surface area (Å²) in [5, 5.41) is 0.679. The predicted octanol–water partition coefficient (Wildman–Crippen LogP) is 2.94. The van der Waals surface area contributed by atoms with E-state index in [-0.39, 0.29) is 9.92 Å². The van der Waals surface area contributed by atoms with Gasteiger partial charge in [-0.25, -0.2) is 13.3 Å². The molecule has 0 atom stereocenters. The highest BCUT2D eigenvalue weighted by Crippen LogP contribution is 2.47. The molecule has 1 aliphatic rings. The Bertz CT molecular complexity index is 564. The van der Waals surface area contributed by atoms with Crippen molar-refractivity contribution in [2.45, 2.75) is 4.90 Å². The first-order valence-corrected chi connectivity index (χ1v) is 7.79. The van der Waals surface area contributed by atoms with Gasteiger partial charge in [0.05, 0.1) is 15.7 Å². The van der Waals surface area contributed by atoms with E-state index >= 15 is 0 Å². The summed E-state index contributed by atoms with van der Waals surface area (Å²) in [6.45, 7) is 6.99. The van der Waals surface area contributed by atoms with E-state index in [0.717, 1.165) is 5.08 Å². The second-order valence-electron chi connectivity index (χ2n) is 2.93. The lowest BCUT2D eigenvalue weighted by Gasteiger charge is -2.16. The SMILES string of the molecule is [C-]#[N+]C(=C1SCS1)S(=O)(=O)c1ccccc1. The molecule has 16 heavy (non-hydrogen) atoms. The first-order chi connectivity index (χ1) is 7.66. The van der Waals surface area contributed by atoms with E-state index in [2.05, 4.69) is 4.85 Å². The summed E-state index contributed by atoms with van der Waals surface area (Å²) < 4.78 is 24.8. The van der Waals surface area contributed by atoms with Crippen LogP contribution in [-0.4, -0.2) is 13.5 Å². The maximum atomic E-state index is 12.1. The van der Waals surface area contributed by atoms with E-state index in [1.807, 2.05) is 0 Å². The number of thioether (sulfide) groups is 2. The Labute approximate surface area is 103 Å². The third-order valence-electron chi connectivity index (χ3n) is 1.96. The van der Waals surface area contributed by atoms with Gasteiger partial charge >= 0.3 is 5.03 Å². The monoisotopic (exact) mass is 269 g/mol. The topological polar surface area (TPSA) is 38.5 Å². The lowest BCUT2D eigenvalue weighted by Crippen LogP contribution is -2.05. The number of benzene rings is 1. The van der Waals surface area contributed by atoms with Crippen molar-refractivity contribution in [1.82, 2.24) is 0 Å². The second-order valence-corrected chi connectivity index (χ2v) is 7.39. The molecule has 1 aromatic carbocycles. The van der Waals surface area contributed by atoms with Crippen molar-refractivity contribution in [3.05, 3.63) is 51.0 Å². The van der Waals surface area contributed by atoms with Crippen molar-refractivity contribution in [2.75, 3.05) is 5.08 Å². The molecule has 1 aliphatic heterocycles. The van der Waals surface area contributed by atoms with Crippen molar-refractivity contribution >= 4 is 33.4 Å². The summed E-state index contributed by atoms with van der Waals surface area (Å²) in [6.07, 6.45) is 0. The summed E-state index contributed by atoms with van der Waals surface area (Å²) in [5.74, 6) is 0. The van der Waals surface area contributed by atoms with Gasteiger partial charge in [-0.05, 0) is 12.1 Å². The van der Waals surface area contributed by atoms with Crippen molar-refractivity contribution in [3.8, 4) is 0 Å². The van der Waals surface area contributed by atoms with Crippen LogP contribution < -0.4 is 0 Å². The van der Waals surface area contributed by atoms with E-state index in [9.17, 15) is 8.42 Å². The van der Waals surface area contributed by atoms with Crippen LogP contribution >= 0.6 is 23.5 Å². The van der Waals surface area contributed by atoms with Crippen LogP contribution in [0.2, 0.25) is 0 Å². The molecule has 1 saturated heterocycles. The molecule has 0 aliphatic carbocycles. The Balaban J connectivity index is 2.52. The molecule has 0 bridgehead atoms. The zero-order valence-electron chi connectivity index (χ0n) is 8.08. The van der Waals surface area contributed by atoms with Crippen LogP contribution in [0.1, 0.15) is 0 Å². The number of hydrogen-bond acceptors (Lipinski definition) is 4. The van der Waals surface area contributed by atoms with E-state index in [0.29, 0.717) is 4.24 Å². The van der Waals surface area contributed by atoms with Crippen molar-refractivity contribution in [2.24, 2.45) is 0 Å². The van der Waals surface area contributed by atoms with Gasteiger partial charge in [0.2, 0.25) is 9.84 Å². The Hall–Kier alpha value is -0.900. The van der Waals surface area contributed by atoms with Gasteiger partial charge in [-0.3, -0.25) is 0 Å². The van der Waals surface area contributed by atoms with Gasteiger partial charge in [0, 0.05) is 5.08 Å². The summed E-state index contributed by atoms with van der Waals surface area (Å²) in [6, 6.07) is 8.07. The van der Waals surface area contributed by atoms with Crippen molar-refractivity contribution in [1.29, 1.82) is 0 Å². The third-order valence-corrected chi connectivity index (χ3v) is 6.48. The molecule has 0 saturated carbocycles. The van der Waals surface area contributed by atoms with Gasteiger partial charge in [0.25, 0.3) is 0 Å². The minimum atomic E-state index is -3.63. The quantitative estimate of drug-likeness (QED) is 0.774. The minimum Gasteiger partial charge on any atom is -0.230 e. The Morgan fingerprint density at radius 1 is 1.25 bits per heavy atom. The molecule has 2 rings (SSSR count). The predicted molar refractivity (Wildman–Crippen MR) is 67.3 cm³/mol. The fraction of sp³-hybridized carbons (Fsp3) is 0.100. The zero-order chi connectivity index (χ0) is 11.6. The maximum Gasteiger partial charge on any atom is 0.302 e. The largest absolute Gasteiger partial charge is 0.302 e. The maximum absolute atomic E-state index is 12.1. The summed E-state index contributed by atoms with van der Waals surface area (Å²) in [7, 11) is -3.63. The molecular weight excluding hydrogens is 262 g/mol. The van der Waals surface area contributed by atoms with Crippen LogP contribution in [0.4, 0.5) is 0 Å². The van der Waals surface area contributed by atoms with Crippen LogP contribution in [-0.2, 0) is 9.84 Å². The fourth-order valence-corrected chi connectivity index (χ4v) is 4.54. The summed E-state index contributed by atoms with van der Waals surface area (Å²) in [5.41, 5.74) is 0. The molecule has 1 fully saturated rings. The highest BCUT2D eigenvalue weighted by atomic mass is 32.3. The van der Waals surface area contributed by atoms with Crippen LogP contribution in [0, 0.1) is 6.57 Å². The van der Waals surface area contributed by atoms with Crippen molar-refractivity contribution < 1.29 is 8.42 Å². The summed E-state index contributed by atoms with van der Waals surface area (Å²) >= 11 is 2.82. The minimum absolute atomic E-state index is 0.139. The lowest BCUT2D eigenvalue weighted by atomic mass is 10.4. The van der Waals surface area contributed by atoms with Crippen LogP contribution in [0.25, 0.3) is 4.85 Å². The smallest absolute Gasteiger partial charge is 0.230 e. The Morgan fingerprint density at radius 2 is 1.88 bits per heavy atom. The first-order valence-electron chi connectivity index (χ1n) is 4.34. The molecular formula is C10H7NO2S3. The highest BCUT2D eigenvalue weighted by molar-refractivity contribution is 8.37. The molecule has 6 heteroatoms. The Morgan fingerprint density at radius 3 is 2.31 bits per heavy atom. The number of hydrogen-bond donors (Lipinski definition) is 0. The molecule has 0 spiro atoms. The van der Waals surface area contributed by atoms with Gasteiger partial charge in [0.1, 0.15) is 0 Å². The Kier molecular flexibility index (Phi) is 3.28. The van der Waals surface area contributed by atoms with Crippen LogP contribution in [0.5, 0.6) is 0 Å². The van der Waals surface area contributed by atoms with Gasteiger partial charge < -0.3 is 0 Å².